The van der Waals surface area contributed by atoms with E-state index >= 15 is 0 Å². The third-order valence-electron chi connectivity index (χ3n) is 4.81. The van der Waals surface area contributed by atoms with Gasteiger partial charge in [0.25, 0.3) is 11.8 Å². The van der Waals surface area contributed by atoms with Crippen LogP contribution in [0.3, 0.4) is 0 Å². The Bertz CT molecular complexity index is 1070. The van der Waals surface area contributed by atoms with Crippen molar-refractivity contribution in [2.24, 2.45) is 5.10 Å². The molecule has 0 unspecified atom stereocenters. The third-order valence-corrected chi connectivity index (χ3v) is 4.81. The number of carbonyl (C=O) groups excluding carboxylic acids is 2. The fourth-order valence-electron chi connectivity index (χ4n) is 3.12. The Balaban J connectivity index is 1.53. The standard InChI is InChI=1S/C23H26N4O8/c1-2-33-21-13-17(7-8-20(21)35-16-23(29)26-9-11-32-12-10-26)14-24-25-22(28)15-34-19-6-4-3-5-18(19)27(30)31/h3-8,13-14H,2,9-12,15-16H2,1H3,(H,25,28)/b24-14+. The first-order valence-corrected chi connectivity index (χ1v) is 10.9. The number of morpholine rings is 1. The predicted octanol–water partition coefficient (Wildman–Crippen LogP) is 1.76. The number of para-hydroxylation sites is 2. The van der Waals surface area contributed by atoms with Crippen LogP contribution in [-0.2, 0) is 14.3 Å². The summed E-state index contributed by atoms with van der Waals surface area (Å²) in [5, 5.41) is 14.9. The van der Waals surface area contributed by atoms with Gasteiger partial charge in [0, 0.05) is 19.2 Å². The van der Waals surface area contributed by atoms with Crippen LogP contribution in [0.15, 0.2) is 47.6 Å². The van der Waals surface area contributed by atoms with Crippen LogP contribution in [0, 0.1) is 10.1 Å². The molecule has 1 aliphatic heterocycles. The lowest BCUT2D eigenvalue weighted by Gasteiger charge is -2.26. The van der Waals surface area contributed by atoms with Crippen LogP contribution < -0.4 is 19.6 Å². The van der Waals surface area contributed by atoms with Gasteiger partial charge in [0.1, 0.15) is 0 Å². The predicted molar refractivity (Wildman–Crippen MR) is 125 cm³/mol. The van der Waals surface area contributed by atoms with Gasteiger partial charge in [0.15, 0.2) is 30.5 Å². The second kappa shape index (κ2) is 12.9. The maximum absolute atomic E-state index is 12.3. The lowest BCUT2D eigenvalue weighted by atomic mass is 10.2. The maximum Gasteiger partial charge on any atom is 0.310 e. The largest absolute Gasteiger partial charge is 0.490 e. The molecule has 12 nitrogen and oxygen atoms in total. The summed E-state index contributed by atoms with van der Waals surface area (Å²) in [6.45, 7) is 3.73. The van der Waals surface area contributed by atoms with Crippen molar-refractivity contribution in [2.45, 2.75) is 6.92 Å². The molecule has 0 aromatic heterocycles. The fourth-order valence-corrected chi connectivity index (χ4v) is 3.12. The Labute approximate surface area is 201 Å². The van der Waals surface area contributed by atoms with E-state index in [-0.39, 0.29) is 24.0 Å². The average molecular weight is 486 g/mol. The normalized spacial score (nSPS) is 13.3. The van der Waals surface area contributed by atoms with E-state index in [4.69, 9.17) is 18.9 Å². The molecule has 2 amide bonds. The third kappa shape index (κ3) is 7.67. The summed E-state index contributed by atoms with van der Waals surface area (Å²) >= 11 is 0. The molecule has 0 saturated carbocycles. The Kier molecular flexibility index (Phi) is 9.37. The minimum Gasteiger partial charge on any atom is -0.490 e. The van der Waals surface area contributed by atoms with Gasteiger partial charge in [-0.15, -0.1) is 0 Å². The molecule has 0 radical (unpaired) electrons. The number of ether oxygens (including phenoxy) is 4. The molecule has 35 heavy (non-hydrogen) atoms. The van der Waals surface area contributed by atoms with Gasteiger partial charge in [-0.1, -0.05) is 12.1 Å². The lowest BCUT2D eigenvalue weighted by Crippen LogP contribution is -2.43. The van der Waals surface area contributed by atoms with Crippen molar-refractivity contribution in [1.82, 2.24) is 10.3 Å². The number of nitrogens with zero attached hydrogens (tertiary/aromatic N) is 3. The summed E-state index contributed by atoms with van der Waals surface area (Å²) in [4.78, 5) is 36.4. The van der Waals surface area contributed by atoms with Crippen molar-refractivity contribution in [1.29, 1.82) is 0 Å². The van der Waals surface area contributed by atoms with Gasteiger partial charge < -0.3 is 23.8 Å². The molecular formula is C23H26N4O8. The second-order valence-corrected chi connectivity index (χ2v) is 7.23. The van der Waals surface area contributed by atoms with E-state index in [0.717, 1.165) is 0 Å². The van der Waals surface area contributed by atoms with Crippen molar-refractivity contribution in [3.05, 3.63) is 58.1 Å². The molecule has 186 valence electrons. The van der Waals surface area contributed by atoms with Crippen LogP contribution in [0.5, 0.6) is 17.2 Å². The molecule has 2 aromatic rings. The number of hydrogen-bond donors (Lipinski definition) is 1. The van der Waals surface area contributed by atoms with Crippen molar-refractivity contribution in [3.8, 4) is 17.2 Å². The lowest BCUT2D eigenvalue weighted by molar-refractivity contribution is -0.385. The van der Waals surface area contributed by atoms with Gasteiger partial charge >= 0.3 is 5.69 Å². The maximum atomic E-state index is 12.3. The van der Waals surface area contributed by atoms with Gasteiger partial charge in [-0.25, -0.2) is 5.43 Å². The molecule has 3 rings (SSSR count). The number of hydrazone groups is 1. The molecule has 0 atom stereocenters. The summed E-state index contributed by atoms with van der Waals surface area (Å²) in [6.07, 6.45) is 1.40. The number of amides is 2. The monoisotopic (exact) mass is 486 g/mol. The minimum atomic E-state index is -0.592. The van der Waals surface area contributed by atoms with Crippen molar-refractivity contribution in [3.63, 3.8) is 0 Å². The molecule has 2 aromatic carbocycles. The molecule has 1 saturated heterocycles. The van der Waals surface area contributed by atoms with Crippen LogP contribution in [0.2, 0.25) is 0 Å². The first-order valence-electron chi connectivity index (χ1n) is 10.9. The Morgan fingerprint density at radius 2 is 1.83 bits per heavy atom. The summed E-state index contributed by atoms with van der Waals surface area (Å²) in [5.74, 6) is 0.101. The highest BCUT2D eigenvalue weighted by molar-refractivity contribution is 5.84. The van der Waals surface area contributed by atoms with E-state index in [0.29, 0.717) is 50.0 Å². The van der Waals surface area contributed by atoms with E-state index in [1.165, 1.54) is 24.4 Å². The zero-order valence-corrected chi connectivity index (χ0v) is 19.2. The number of hydrogen-bond acceptors (Lipinski definition) is 9. The molecule has 1 heterocycles. The molecule has 1 aliphatic rings. The number of nitro benzene ring substituents is 1. The highest BCUT2D eigenvalue weighted by Gasteiger charge is 2.18. The Morgan fingerprint density at radius 1 is 1.09 bits per heavy atom. The first-order chi connectivity index (χ1) is 17.0. The SMILES string of the molecule is CCOc1cc(/C=N/NC(=O)COc2ccccc2[N+](=O)[O-])ccc1OCC(=O)N1CCOCC1. The van der Waals surface area contributed by atoms with Crippen LogP contribution in [0.4, 0.5) is 5.69 Å². The van der Waals surface area contributed by atoms with E-state index < -0.39 is 17.4 Å². The minimum absolute atomic E-state index is 0.0133. The molecule has 1 N–H and O–H groups in total. The van der Waals surface area contributed by atoms with Crippen LogP contribution in [0.1, 0.15) is 12.5 Å². The Hall–Kier alpha value is -4.19. The molecule has 0 spiro atoms. The number of benzene rings is 2. The number of nitrogens with one attached hydrogen (secondary N) is 1. The highest BCUT2D eigenvalue weighted by Crippen LogP contribution is 2.28. The van der Waals surface area contributed by atoms with Gasteiger partial charge in [0.05, 0.1) is 31.0 Å². The highest BCUT2D eigenvalue weighted by atomic mass is 16.6. The van der Waals surface area contributed by atoms with Crippen LogP contribution in [-0.4, -0.2) is 74.0 Å². The summed E-state index contributed by atoms with van der Waals surface area (Å²) < 4.78 is 21.7. The number of rotatable bonds is 11. The quantitative estimate of drug-likeness (QED) is 0.288. The summed E-state index contributed by atoms with van der Waals surface area (Å²) in [7, 11) is 0. The van der Waals surface area contributed by atoms with Gasteiger partial charge in [-0.05, 0) is 36.8 Å². The average Bonchev–Trinajstić information content (AvgIpc) is 2.87. The van der Waals surface area contributed by atoms with Crippen LogP contribution >= 0.6 is 0 Å². The van der Waals surface area contributed by atoms with E-state index in [1.807, 2.05) is 6.92 Å². The van der Waals surface area contributed by atoms with Crippen molar-refractivity contribution in [2.75, 3.05) is 46.1 Å². The summed E-state index contributed by atoms with van der Waals surface area (Å²) in [6, 6.07) is 10.8. The zero-order chi connectivity index (χ0) is 25.0. The van der Waals surface area contributed by atoms with Gasteiger partial charge in [-0.2, -0.15) is 5.10 Å². The zero-order valence-electron chi connectivity index (χ0n) is 19.2. The smallest absolute Gasteiger partial charge is 0.310 e. The van der Waals surface area contributed by atoms with E-state index in [2.05, 4.69) is 10.5 Å². The van der Waals surface area contributed by atoms with Gasteiger partial charge in [-0.3, -0.25) is 19.7 Å². The Morgan fingerprint density at radius 3 is 2.57 bits per heavy atom. The second-order valence-electron chi connectivity index (χ2n) is 7.23. The van der Waals surface area contributed by atoms with E-state index in [9.17, 15) is 19.7 Å². The van der Waals surface area contributed by atoms with Crippen LogP contribution in [0.25, 0.3) is 0 Å². The first kappa shape index (κ1) is 25.4. The molecule has 0 aliphatic carbocycles. The number of nitro groups is 1. The molecule has 1 fully saturated rings. The van der Waals surface area contributed by atoms with Gasteiger partial charge in [0.2, 0.25) is 0 Å². The fraction of sp³-hybridized carbons (Fsp3) is 0.348. The topological polar surface area (TPSA) is 142 Å². The van der Waals surface area contributed by atoms with Crippen molar-refractivity contribution >= 4 is 23.7 Å². The number of carbonyl (C=O) groups is 2. The molecule has 12 heteroatoms. The summed E-state index contributed by atoms with van der Waals surface area (Å²) in [5.41, 5.74) is 2.67. The van der Waals surface area contributed by atoms with E-state index in [1.54, 1.807) is 29.2 Å². The molecule has 0 bridgehead atoms. The molecular weight excluding hydrogens is 460 g/mol. The van der Waals surface area contributed by atoms with Crippen molar-refractivity contribution < 1.29 is 33.5 Å².